The second-order valence-corrected chi connectivity index (χ2v) is 4.67. The molecule has 1 saturated heterocycles. The summed E-state index contributed by atoms with van der Waals surface area (Å²) in [5.74, 6) is 0.303. The molecule has 0 spiro atoms. The van der Waals surface area contributed by atoms with Crippen molar-refractivity contribution in [2.45, 2.75) is 12.6 Å². The van der Waals surface area contributed by atoms with Crippen molar-refractivity contribution in [2.75, 3.05) is 19.6 Å². The number of piperazine rings is 1. The lowest BCUT2D eigenvalue weighted by atomic mass is 10.2. The van der Waals surface area contributed by atoms with Gasteiger partial charge in [-0.15, -0.1) is 0 Å². The quantitative estimate of drug-likeness (QED) is 0.817. The highest BCUT2D eigenvalue weighted by atomic mass is 16.3. The number of aromatic nitrogens is 1. The van der Waals surface area contributed by atoms with Crippen LogP contribution in [0.5, 0.6) is 0 Å². The maximum absolute atomic E-state index is 11.4. The summed E-state index contributed by atoms with van der Waals surface area (Å²) < 4.78 is 5.67. The monoisotopic (exact) mass is 260 g/mol. The Labute approximate surface area is 110 Å². The fraction of sp³-hybridized carbons (Fsp3) is 0.385. The van der Waals surface area contributed by atoms with Gasteiger partial charge in [-0.1, -0.05) is 12.1 Å². The maximum Gasteiger partial charge on any atom is 0.236 e. The number of oxazole rings is 1. The fourth-order valence-electron chi connectivity index (χ4n) is 2.38. The van der Waals surface area contributed by atoms with Crippen LogP contribution in [0.15, 0.2) is 28.7 Å². The molecule has 1 aromatic carbocycles. The predicted molar refractivity (Wildman–Crippen MR) is 70.3 cm³/mol. The SMILES string of the molecule is NC(=O)C1CNCCN1Cc1nc2ccccc2o1. The highest BCUT2D eigenvalue weighted by Gasteiger charge is 2.27. The fourth-order valence-corrected chi connectivity index (χ4v) is 2.38. The maximum atomic E-state index is 11.4. The molecule has 1 unspecified atom stereocenters. The van der Waals surface area contributed by atoms with Crippen LogP contribution in [0, 0.1) is 0 Å². The van der Waals surface area contributed by atoms with Gasteiger partial charge in [0.05, 0.1) is 6.54 Å². The van der Waals surface area contributed by atoms with Gasteiger partial charge in [0.25, 0.3) is 0 Å². The molecule has 0 radical (unpaired) electrons. The van der Waals surface area contributed by atoms with E-state index in [-0.39, 0.29) is 11.9 Å². The van der Waals surface area contributed by atoms with E-state index in [0.717, 1.165) is 24.2 Å². The van der Waals surface area contributed by atoms with E-state index in [0.29, 0.717) is 19.0 Å². The molecule has 1 atom stereocenters. The van der Waals surface area contributed by atoms with Crippen LogP contribution in [-0.2, 0) is 11.3 Å². The predicted octanol–water partition coefficient (Wildman–Crippen LogP) is 0.0869. The number of hydrogen-bond acceptors (Lipinski definition) is 5. The number of carbonyl (C=O) groups is 1. The summed E-state index contributed by atoms with van der Waals surface area (Å²) in [5.41, 5.74) is 7.02. The molecule has 6 nitrogen and oxygen atoms in total. The summed E-state index contributed by atoms with van der Waals surface area (Å²) in [6.45, 7) is 2.68. The summed E-state index contributed by atoms with van der Waals surface area (Å²) in [6.07, 6.45) is 0. The van der Waals surface area contributed by atoms with E-state index in [2.05, 4.69) is 10.3 Å². The Morgan fingerprint density at radius 1 is 1.53 bits per heavy atom. The summed E-state index contributed by atoms with van der Waals surface area (Å²) in [6, 6.07) is 7.32. The van der Waals surface area contributed by atoms with Crippen LogP contribution in [0.3, 0.4) is 0 Å². The van der Waals surface area contributed by atoms with Crippen LogP contribution >= 0.6 is 0 Å². The third kappa shape index (κ3) is 2.45. The number of nitrogens with zero attached hydrogens (tertiary/aromatic N) is 2. The molecule has 3 N–H and O–H groups in total. The number of primary amides is 1. The van der Waals surface area contributed by atoms with Crippen molar-refractivity contribution in [3.8, 4) is 0 Å². The Morgan fingerprint density at radius 3 is 3.16 bits per heavy atom. The topological polar surface area (TPSA) is 84.4 Å². The van der Waals surface area contributed by atoms with Gasteiger partial charge < -0.3 is 15.5 Å². The van der Waals surface area contributed by atoms with Gasteiger partial charge in [0.15, 0.2) is 5.58 Å². The molecule has 0 aliphatic carbocycles. The molecule has 0 saturated carbocycles. The van der Waals surface area contributed by atoms with Crippen molar-refractivity contribution in [1.29, 1.82) is 0 Å². The van der Waals surface area contributed by atoms with Gasteiger partial charge in [-0.2, -0.15) is 0 Å². The number of carbonyl (C=O) groups excluding carboxylic acids is 1. The number of nitrogens with two attached hydrogens (primary N) is 1. The number of fused-ring (bicyclic) bond motifs is 1. The second-order valence-electron chi connectivity index (χ2n) is 4.67. The molecule has 19 heavy (non-hydrogen) atoms. The average Bonchev–Trinajstić information content (AvgIpc) is 2.81. The van der Waals surface area contributed by atoms with Crippen LogP contribution in [0.2, 0.25) is 0 Å². The molecule has 1 aliphatic heterocycles. The molecule has 2 heterocycles. The summed E-state index contributed by atoms with van der Waals surface area (Å²) >= 11 is 0. The van der Waals surface area contributed by atoms with Crippen molar-refractivity contribution in [1.82, 2.24) is 15.2 Å². The third-order valence-corrected chi connectivity index (χ3v) is 3.36. The number of hydrogen-bond donors (Lipinski definition) is 2. The minimum Gasteiger partial charge on any atom is -0.439 e. The summed E-state index contributed by atoms with van der Waals surface area (Å²) in [4.78, 5) is 17.8. The molecule has 1 aliphatic rings. The molecular formula is C13H16N4O2. The molecule has 3 rings (SSSR count). The lowest BCUT2D eigenvalue weighted by Gasteiger charge is -2.32. The van der Waals surface area contributed by atoms with Crippen LogP contribution in [0.25, 0.3) is 11.1 Å². The normalized spacial score (nSPS) is 20.7. The first kappa shape index (κ1) is 12.1. The molecule has 1 amide bonds. The van der Waals surface area contributed by atoms with Crippen molar-refractivity contribution >= 4 is 17.0 Å². The zero-order valence-corrected chi connectivity index (χ0v) is 10.5. The van der Waals surface area contributed by atoms with E-state index >= 15 is 0 Å². The summed E-state index contributed by atoms with van der Waals surface area (Å²) in [7, 11) is 0. The minimum absolute atomic E-state index is 0.302. The Morgan fingerprint density at radius 2 is 2.37 bits per heavy atom. The van der Waals surface area contributed by atoms with E-state index in [1.807, 2.05) is 29.2 Å². The number of amides is 1. The second kappa shape index (κ2) is 4.99. The minimum atomic E-state index is -0.316. The molecule has 1 fully saturated rings. The van der Waals surface area contributed by atoms with Gasteiger partial charge in [-0.05, 0) is 12.1 Å². The molecular weight excluding hydrogens is 244 g/mol. The van der Waals surface area contributed by atoms with Gasteiger partial charge in [0, 0.05) is 19.6 Å². The first-order valence-corrected chi connectivity index (χ1v) is 6.32. The van der Waals surface area contributed by atoms with Crippen molar-refractivity contribution < 1.29 is 9.21 Å². The first-order valence-electron chi connectivity index (χ1n) is 6.32. The Kier molecular flexibility index (Phi) is 3.18. The molecule has 100 valence electrons. The van der Waals surface area contributed by atoms with E-state index in [1.54, 1.807) is 0 Å². The van der Waals surface area contributed by atoms with Gasteiger partial charge >= 0.3 is 0 Å². The number of nitrogens with one attached hydrogen (secondary N) is 1. The standard InChI is InChI=1S/C13H16N4O2/c14-13(18)10-7-15-5-6-17(10)8-12-16-9-3-1-2-4-11(9)19-12/h1-4,10,15H,5-8H2,(H2,14,18). The van der Waals surface area contributed by atoms with Crippen LogP contribution in [0.4, 0.5) is 0 Å². The van der Waals surface area contributed by atoms with Crippen LogP contribution < -0.4 is 11.1 Å². The van der Waals surface area contributed by atoms with E-state index in [9.17, 15) is 4.79 Å². The van der Waals surface area contributed by atoms with Crippen LogP contribution in [-0.4, -0.2) is 41.5 Å². The molecule has 1 aromatic heterocycles. The van der Waals surface area contributed by atoms with Gasteiger partial charge in [0.1, 0.15) is 11.6 Å². The Hall–Kier alpha value is -1.92. The number of para-hydroxylation sites is 2. The Bertz CT molecular complexity index is 562. The highest BCUT2D eigenvalue weighted by molar-refractivity contribution is 5.80. The largest absolute Gasteiger partial charge is 0.439 e. The van der Waals surface area contributed by atoms with Crippen molar-refractivity contribution in [3.63, 3.8) is 0 Å². The van der Waals surface area contributed by atoms with Crippen molar-refractivity contribution in [2.24, 2.45) is 5.73 Å². The zero-order chi connectivity index (χ0) is 13.2. The number of benzene rings is 1. The molecule has 0 bridgehead atoms. The summed E-state index contributed by atoms with van der Waals surface area (Å²) in [5, 5.41) is 3.16. The lowest BCUT2D eigenvalue weighted by Crippen LogP contribution is -2.56. The van der Waals surface area contributed by atoms with Gasteiger partial charge in [-0.25, -0.2) is 4.98 Å². The van der Waals surface area contributed by atoms with Gasteiger partial charge in [0.2, 0.25) is 11.8 Å². The molecule has 2 aromatic rings. The lowest BCUT2D eigenvalue weighted by molar-refractivity contribution is -0.124. The number of rotatable bonds is 3. The van der Waals surface area contributed by atoms with E-state index in [4.69, 9.17) is 10.2 Å². The van der Waals surface area contributed by atoms with E-state index < -0.39 is 0 Å². The zero-order valence-electron chi connectivity index (χ0n) is 10.5. The van der Waals surface area contributed by atoms with Crippen molar-refractivity contribution in [3.05, 3.63) is 30.2 Å². The van der Waals surface area contributed by atoms with E-state index in [1.165, 1.54) is 0 Å². The highest BCUT2D eigenvalue weighted by Crippen LogP contribution is 2.17. The molecule has 6 heteroatoms. The first-order chi connectivity index (χ1) is 9.24. The third-order valence-electron chi connectivity index (χ3n) is 3.36. The average molecular weight is 260 g/mol. The van der Waals surface area contributed by atoms with Gasteiger partial charge in [-0.3, -0.25) is 9.69 Å². The van der Waals surface area contributed by atoms with Crippen LogP contribution in [0.1, 0.15) is 5.89 Å². The Balaban J connectivity index is 1.80. The smallest absolute Gasteiger partial charge is 0.236 e.